The Balaban J connectivity index is 1.46. The summed E-state index contributed by atoms with van der Waals surface area (Å²) in [4.78, 5) is 19.6. The highest BCUT2D eigenvalue weighted by Gasteiger charge is 2.47. The van der Waals surface area contributed by atoms with Gasteiger partial charge >= 0.3 is 0 Å². The van der Waals surface area contributed by atoms with Crippen molar-refractivity contribution in [2.75, 3.05) is 19.6 Å². The lowest BCUT2D eigenvalue weighted by molar-refractivity contribution is -0.174. The minimum absolute atomic E-state index is 0.0274. The van der Waals surface area contributed by atoms with Crippen LogP contribution in [-0.2, 0) is 28.2 Å². The molecule has 146 valence electrons. The second-order valence-corrected chi connectivity index (χ2v) is 8.00. The third kappa shape index (κ3) is 3.80. The molecule has 2 aromatic rings. The molecule has 7 heteroatoms. The Labute approximate surface area is 159 Å². The molecule has 1 N–H and O–H groups in total. The first kappa shape index (κ1) is 18.3. The van der Waals surface area contributed by atoms with Crippen LogP contribution in [0.15, 0.2) is 35.2 Å². The number of carbonyl (C=O) groups is 1. The van der Waals surface area contributed by atoms with Crippen molar-refractivity contribution in [2.24, 2.45) is 5.92 Å². The molecule has 0 saturated carbocycles. The first-order valence-electron chi connectivity index (χ1n) is 9.78. The van der Waals surface area contributed by atoms with E-state index >= 15 is 0 Å². The number of imidazole rings is 1. The van der Waals surface area contributed by atoms with Crippen LogP contribution >= 0.6 is 0 Å². The minimum atomic E-state index is -0.485. The van der Waals surface area contributed by atoms with Gasteiger partial charge in [-0.2, -0.15) is 0 Å². The molecule has 4 heterocycles. The zero-order valence-electron chi connectivity index (χ0n) is 16.1. The van der Waals surface area contributed by atoms with E-state index in [1.54, 1.807) is 6.26 Å². The van der Waals surface area contributed by atoms with Crippen molar-refractivity contribution < 1.29 is 13.9 Å². The van der Waals surface area contributed by atoms with E-state index in [4.69, 9.17) is 9.15 Å². The molecule has 0 bridgehead atoms. The molecule has 1 fully saturated rings. The lowest BCUT2D eigenvalue weighted by Gasteiger charge is -2.45. The smallest absolute Gasteiger partial charge is 0.251 e. The maximum absolute atomic E-state index is 12.6. The number of hydrogen-bond acceptors (Lipinski definition) is 5. The quantitative estimate of drug-likeness (QED) is 0.871. The topological polar surface area (TPSA) is 72.5 Å². The van der Waals surface area contributed by atoms with Crippen molar-refractivity contribution in [3.8, 4) is 0 Å². The van der Waals surface area contributed by atoms with Gasteiger partial charge < -0.3 is 19.0 Å². The Morgan fingerprint density at radius 3 is 2.93 bits per heavy atom. The largest absolute Gasteiger partial charge is 0.468 e. The molecular weight excluding hydrogens is 344 g/mol. The summed E-state index contributed by atoms with van der Waals surface area (Å²) in [7, 11) is 0. The van der Waals surface area contributed by atoms with Gasteiger partial charge in [0.2, 0.25) is 0 Å². The summed E-state index contributed by atoms with van der Waals surface area (Å²) in [6, 6.07) is 3.92. The number of furan rings is 1. The van der Waals surface area contributed by atoms with E-state index in [9.17, 15) is 4.79 Å². The van der Waals surface area contributed by atoms with Gasteiger partial charge in [0.15, 0.2) is 6.10 Å². The number of likely N-dealkylation sites (tertiary alicyclic amines) is 1. The highest BCUT2D eigenvalue weighted by atomic mass is 16.5. The Bertz CT molecular complexity index is 760. The molecule has 0 aliphatic carbocycles. The Hall–Kier alpha value is -2.12. The van der Waals surface area contributed by atoms with Crippen LogP contribution in [0.1, 0.15) is 38.3 Å². The number of rotatable bonds is 5. The molecule has 1 atom stereocenters. The van der Waals surface area contributed by atoms with Crippen molar-refractivity contribution in [1.29, 1.82) is 0 Å². The summed E-state index contributed by atoms with van der Waals surface area (Å²) in [6.07, 6.45) is 6.64. The summed E-state index contributed by atoms with van der Waals surface area (Å²) < 4.78 is 14.0. The summed E-state index contributed by atoms with van der Waals surface area (Å²) in [5.74, 6) is 2.32. The molecular formula is C20H28N4O3. The zero-order chi connectivity index (χ0) is 18.9. The van der Waals surface area contributed by atoms with Gasteiger partial charge in [0.1, 0.15) is 17.2 Å². The van der Waals surface area contributed by atoms with E-state index in [2.05, 4.69) is 33.6 Å². The standard InChI is InChI=1S/C20H28N4O3/c1-15(2)12-22-18(25)17-14-24-10-7-21-19(24)20(27-17)5-8-23(9-6-20)13-16-4-3-11-26-16/h3-4,7,10-11,15,17H,5-6,8-9,12-14H2,1-2H3,(H,22,25). The Morgan fingerprint density at radius 2 is 2.22 bits per heavy atom. The molecule has 2 aliphatic rings. The molecule has 7 nitrogen and oxygen atoms in total. The van der Waals surface area contributed by atoms with Crippen molar-refractivity contribution >= 4 is 5.91 Å². The fraction of sp³-hybridized carbons (Fsp3) is 0.600. The van der Waals surface area contributed by atoms with Crippen LogP contribution < -0.4 is 5.32 Å². The van der Waals surface area contributed by atoms with E-state index in [0.29, 0.717) is 19.0 Å². The molecule has 1 amide bonds. The summed E-state index contributed by atoms with van der Waals surface area (Å²) in [6.45, 7) is 7.94. The first-order chi connectivity index (χ1) is 13.1. The number of nitrogens with one attached hydrogen (secondary N) is 1. The number of amides is 1. The molecule has 2 aliphatic heterocycles. The number of hydrogen-bond donors (Lipinski definition) is 1. The SMILES string of the molecule is CC(C)CNC(=O)C1Cn2ccnc2C2(CCN(Cc3ccco3)CC2)O1. The Kier molecular flexibility index (Phi) is 5.06. The van der Waals surface area contributed by atoms with Crippen LogP contribution in [0.2, 0.25) is 0 Å². The van der Waals surface area contributed by atoms with Crippen LogP contribution in [0.4, 0.5) is 0 Å². The van der Waals surface area contributed by atoms with Crippen molar-refractivity contribution in [3.05, 3.63) is 42.4 Å². The van der Waals surface area contributed by atoms with Crippen LogP contribution in [0.3, 0.4) is 0 Å². The summed E-state index contributed by atoms with van der Waals surface area (Å²) in [5, 5.41) is 3.01. The van der Waals surface area contributed by atoms with Crippen LogP contribution in [0.5, 0.6) is 0 Å². The van der Waals surface area contributed by atoms with Crippen LogP contribution in [-0.4, -0.2) is 46.1 Å². The third-order valence-corrected chi connectivity index (χ3v) is 5.45. The van der Waals surface area contributed by atoms with E-state index in [0.717, 1.165) is 44.1 Å². The summed E-state index contributed by atoms with van der Waals surface area (Å²) >= 11 is 0. The Morgan fingerprint density at radius 1 is 1.41 bits per heavy atom. The fourth-order valence-corrected chi connectivity index (χ4v) is 3.99. The lowest BCUT2D eigenvalue weighted by atomic mass is 9.88. The normalized spacial score (nSPS) is 22.1. The van der Waals surface area contributed by atoms with Gasteiger partial charge in [-0.3, -0.25) is 9.69 Å². The van der Waals surface area contributed by atoms with Gasteiger partial charge in [0.05, 0.1) is 19.4 Å². The molecule has 0 aromatic carbocycles. The predicted molar refractivity (Wildman–Crippen MR) is 99.8 cm³/mol. The lowest BCUT2D eigenvalue weighted by Crippen LogP contribution is -2.54. The van der Waals surface area contributed by atoms with Crippen molar-refractivity contribution in [3.63, 3.8) is 0 Å². The number of ether oxygens (including phenoxy) is 1. The average molecular weight is 372 g/mol. The maximum Gasteiger partial charge on any atom is 0.251 e. The van der Waals surface area contributed by atoms with Gasteiger partial charge in [0.25, 0.3) is 5.91 Å². The van der Waals surface area contributed by atoms with Gasteiger partial charge in [-0.25, -0.2) is 4.98 Å². The second kappa shape index (κ2) is 7.48. The third-order valence-electron chi connectivity index (χ3n) is 5.45. The van der Waals surface area contributed by atoms with Crippen LogP contribution in [0.25, 0.3) is 0 Å². The average Bonchev–Trinajstić information content (AvgIpc) is 3.33. The van der Waals surface area contributed by atoms with Gasteiger partial charge in [-0.1, -0.05) is 13.8 Å². The number of carbonyl (C=O) groups excluding carboxylic acids is 1. The van der Waals surface area contributed by atoms with E-state index in [-0.39, 0.29) is 5.91 Å². The van der Waals surface area contributed by atoms with Crippen molar-refractivity contribution in [2.45, 2.75) is 51.5 Å². The van der Waals surface area contributed by atoms with Crippen molar-refractivity contribution in [1.82, 2.24) is 19.8 Å². The number of nitrogens with zero attached hydrogens (tertiary/aromatic N) is 3. The van der Waals surface area contributed by atoms with Crippen LogP contribution in [0, 0.1) is 5.92 Å². The van der Waals surface area contributed by atoms with Gasteiger partial charge in [-0.15, -0.1) is 0 Å². The first-order valence-corrected chi connectivity index (χ1v) is 9.78. The van der Waals surface area contributed by atoms with Gasteiger partial charge in [0, 0.05) is 32.0 Å². The second-order valence-electron chi connectivity index (χ2n) is 8.00. The number of piperidine rings is 1. The monoisotopic (exact) mass is 372 g/mol. The van der Waals surface area contributed by atoms with E-state index in [1.807, 2.05) is 24.5 Å². The molecule has 1 unspecified atom stereocenters. The number of aromatic nitrogens is 2. The predicted octanol–water partition coefficient (Wildman–Crippen LogP) is 2.14. The minimum Gasteiger partial charge on any atom is -0.468 e. The highest BCUT2D eigenvalue weighted by Crippen LogP contribution is 2.40. The summed E-state index contributed by atoms with van der Waals surface area (Å²) in [5.41, 5.74) is -0.485. The number of fused-ring (bicyclic) bond motifs is 2. The van der Waals surface area contributed by atoms with E-state index < -0.39 is 11.7 Å². The molecule has 0 radical (unpaired) electrons. The fourth-order valence-electron chi connectivity index (χ4n) is 3.99. The molecule has 1 spiro atoms. The maximum atomic E-state index is 12.6. The van der Waals surface area contributed by atoms with E-state index in [1.165, 1.54) is 0 Å². The molecule has 4 rings (SSSR count). The highest BCUT2D eigenvalue weighted by molar-refractivity contribution is 5.80. The van der Waals surface area contributed by atoms with Gasteiger partial charge in [-0.05, 0) is 30.9 Å². The molecule has 27 heavy (non-hydrogen) atoms. The zero-order valence-corrected chi connectivity index (χ0v) is 16.1. The molecule has 1 saturated heterocycles. The molecule has 2 aromatic heterocycles.